The van der Waals surface area contributed by atoms with Crippen molar-refractivity contribution in [1.29, 1.82) is 0 Å². The van der Waals surface area contributed by atoms with Gasteiger partial charge in [-0.3, -0.25) is 4.90 Å². The summed E-state index contributed by atoms with van der Waals surface area (Å²) in [6, 6.07) is 9.70. The molecule has 2 N–H and O–H groups in total. The van der Waals surface area contributed by atoms with Crippen LogP contribution in [0.2, 0.25) is 0 Å². The van der Waals surface area contributed by atoms with Crippen LogP contribution in [-0.4, -0.2) is 60.4 Å². The monoisotopic (exact) mass is 357 g/mol. The Balaban J connectivity index is 1.57. The Kier molecular flexibility index (Phi) is 6.62. The first-order valence-electron chi connectivity index (χ1n) is 9.10. The molecule has 1 aliphatic heterocycles. The SMILES string of the molecule is CC(C)Oc1ccccc1Nc1ccnc(NCCN2CCOCC2)n1. The van der Waals surface area contributed by atoms with Gasteiger partial charge in [-0.25, -0.2) is 4.98 Å². The molecule has 140 valence electrons. The number of aromatic nitrogens is 2. The number of hydrogen-bond donors (Lipinski definition) is 2. The van der Waals surface area contributed by atoms with Crippen LogP contribution in [0.15, 0.2) is 36.5 Å². The van der Waals surface area contributed by atoms with E-state index >= 15 is 0 Å². The summed E-state index contributed by atoms with van der Waals surface area (Å²) in [7, 11) is 0. The lowest BCUT2D eigenvalue weighted by molar-refractivity contribution is 0.0398. The first kappa shape index (κ1) is 18.4. The molecule has 1 aliphatic rings. The van der Waals surface area contributed by atoms with Gasteiger partial charge in [-0.05, 0) is 32.0 Å². The second-order valence-corrected chi connectivity index (χ2v) is 6.43. The zero-order valence-electron chi connectivity index (χ0n) is 15.4. The average Bonchev–Trinajstić information content (AvgIpc) is 2.64. The average molecular weight is 357 g/mol. The Morgan fingerprint density at radius 3 is 2.81 bits per heavy atom. The largest absolute Gasteiger partial charge is 0.489 e. The maximum atomic E-state index is 5.84. The van der Waals surface area contributed by atoms with E-state index in [9.17, 15) is 0 Å². The lowest BCUT2D eigenvalue weighted by Crippen LogP contribution is -2.39. The van der Waals surface area contributed by atoms with Crippen LogP contribution >= 0.6 is 0 Å². The van der Waals surface area contributed by atoms with Crippen LogP contribution in [0.4, 0.5) is 17.5 Å². The summed E-state index contributed by atoms with van der Waals surface area (Å²) < 4.78 is 11.2. The molecular formula is C19H27N5O2. The van der Waals surface area contributed by atoms with Crippen molar-refractivity contribution in [3.8, 4) is 5.75 Å². The summed E-state index contributed by atoms with van der Waals surface area (Å²) in [5.41, 5.74) is 0.888. The topological polar surface area (TPSA) is 71.5 Å². The molecule has 1 fully saturated rings. The smallest absolute Gasteiger partial charge is 0.224 e. The third kappa shape index (κ3) is 5.57. The fraction of sp³-hybridized carbons (Fsp3) is 0.474. The minimum absolute atomic E-state index is 0.112. The van der Waals surface area contributed by atoms with Gasteiger partial charge in [0.1, 0.15) is 11.6 Å². The molecule has 0 spiro atoms. The number of anilines is 3. The normalized spacial score (nSPS) is 15.0. The highest BCUT2D eigenvalue weighted by atomic mass is 16.5. The number of hydrogen-bond acceptors (Lipinski definition) is 7. The van der Waals surface area contributed by atoms with E-state index in [1.54, 1.807) is 6.20 Å². The molecule has 1 aromatic carbocycles. The van der Waals surface area contributed by atoms with Crippen molar-refractivity contribution < 1.29 is 9.47 Å². The number of benzene rings is 1. The highest BCUT2D eigenvalue weighted by Gasteiger charge is 2.10. The van der Waals surface area contributed by atoms with Crippen LogP contribution in [0.1, 0.15) is 13.8 Å². The second-order valence-electron chi connectivity index (χ2n) is 6.43. The van der Waals surface area contributed by atoms with E-state index < -0.39 is 0 Å². The van der Waals surface area contributed by atoms with E-state index in [0.29, 0.717) is 5.95 Å². The summed E-state index contributed by atoms with van der Waals surface area (Å²) in [4.78, 5) is 11.2. The number of rotatable bonds is 8. The first-order valence-corrected chi connectivity index (χ1v) is 9.10. The lowest BCUT2D eigenvalue weighted by atomic mass is 10.3. The van der Waals surface area contributed by atoms with Crippen LogP contribution in [0.3, 0.4) is 0 Å². The molecule has 3 rings (SSSR count). The number of ether oxygens (including phenoxy) is 2. The molecule has 2 heterocycles. The molecule has 0 amide bonds. The van der Waals surface area contributed by atoms with E-state index in [-0.39, 0.29) is 6.10 Å². The highest BCUT2D eigenvalue weighted by molar-refractivity contribution is 5.64. The third-order valence-electron chi connectivity index (χ3n) is 3.98. The van der Waals surface area contributed by atoms with Crippen LogP contribution in [-0.2, 0) is 4.74 Å². The standard InChI is InChI=1S/C19H27N5O2/c1-15(2)26-17-6-4-3-5-16(17)22-18-7-8-20-19(23-18)21-9-10-24-11-13-25-14-12-24/h3-8,15H,9-14H2,1-2H3,(H2,20,21,22,23). The molecule has 7 heteroatoms. The number of nitrogens with one attached hydrogen (secondary N) is 2. The van der Waals surface area contributed by atoms with E-state index in [4.69, 9.17) is 9.47 Å². The molecule has 0 radical (unpaired) electrons. The predicted molar refractivity (Wildman–Crippen MR) is 103 cm³/mol. The molecule has 0 atom stereocenters. The van der Waals surface area contributed by atoms with Gasteiger partial charge in [0.05, 0.1) is 25.0 Å². The maximum Gasteiger partial charge on any atom is 0.224 e. The van der Waals surface area contributed by atoms with Crippen molar-refractivity contribution in [3.63, 3.8) is 0 Å². The molecule has 2 aromatic rings. The number of para-hydroxylation sites is 2. The Labute approximate surface area is 154 Å². The zero-order chi connectivity index (χ0) is 18.2. The maximum absolute atomic E-state index is 5.84. The Morgan fingerprint density at radius 1 is 1.19 bits per heavy atom. The second kappa shape index (κ2) is 9.35. The van der Waals surface area contributed by atoms with Crippen molar-refractivity contribution in [2.45, 2.75) is 20.0 Å². The van der Waals surface area contributed by atoms with E-state index in [1.165, 1.54) is 0 Å². The first-order chi connectivity index (χ1) is 12.7. The number of nitrogens with zero attached hydrogens (tertiary/aromatic N) is 3. The molecule has 0 saturated carbocycles. The van der Waals surface area contributed by atoms with Gasteiger partial charge in [0, 0.05) is 32.4 Å². The van der Waals surface area contributed by atoms with Crippen molar-refractivity contribution in [1.82, 2.24) is 14.9 Å². The van der Waals surface area contributed by atoms with Crippen LogP contribution < -0.4 is 15.4 Å². The Bertz CT molecular complexity index is 689. The molecular weight excluding hydrogens is 330 g/mol. The Hall–Kier alpha value is -2.38. The van der Waals surface area contributed by atoms with Crippen molar-refractivity contribution in [3.05, 3.63) is 36.5 Å². The number of morpholine rings is 1. The molecule has 0 aliphatic carbocycles. The quantitative estimate of drug-likeness (QED) is 0.753. The van der Waals surface area contributed by atoms with Gasteiger partial charge in [-0.2, -0.15) is 4.98 Å². The van der Waals surface area contributed by atoms with Crippen molar-refractivity contribution >= 4 is 17.5 Å². The highest BCUT2D eigenvalue weighted by Crippen LogP contribution is 2.27. The molecule has 1 aromatic heterocycles. The van der Waals surface area contributed by atoms with E-state index in [1.807, 2.05) is 44.2 Å². The van der Waals surface area contributed by atoms with Gasteiger partial charge in [0.25, 0.3) is 0 Å². The fourth-order valence-corrected chi connectivity index (χ4v) is 2.73. The molecule has 0 bridgehead atoms. The Morgan fingerprint density at radius 2 is 2.00 bits per heavy atom. The van der Waals surface area contributed by atoms with Crippen molar-refractivity contribution in [2.24, 2.45) is 0 Å². The molecule has 26 heavy (non-hydrogen) atoms. The minimum Gasteiger partial charge on any atom is -0.489 e. The van der Waals surface area contributed by atoms with Gasteiger partial charge in [-0.15, -0.1) is 0 Å². The predicted octanol–water partition coefficient (Wildman–Crippen LogP) is 2.75. The van der Waals surface area contributed by atoms with Gasteiger partial charge in [0.15, 0.2) is 0 Å². The van der Waals surface area contributed by atoms with Gasteiger partial charge >= 0.3 is 0 Å². The van der Waals surface area contributed by atoms with Crippen LogP contribution in [0, 0.1) is 0 Å². The molecule has 7 nitrogen and oxygen atoms in total. The molecule has 1 saturated heterocycles. The van der Waals surface area contributed by atoms with Gasteiger partial charge in [-0.1, -0.05) is 12.1 Å². The summed E-state index contributed by atoms with van der Waals surface area (Å²) in [6.07, 6.45) is 1.86. The summed E-state index contributed by atoms with van der Waals surface area (Å²) >= 11 is 0. The van der Waals surface area contributed by atoms with E-state index in [2.05, 4.69) is 25.5 Å². The fourth-order valence-electron chi connectivity index (χ4n) is 2.73. The molecule has 0 unspecified atom stereocenters. The third-order valence-corrected chi connectivity index (χ3v) is 3.98. The summed E-state index contributed by atoms with van der Waals surface area (Å²) in [5, 5.41) is 6.60. The summed E-state index contributed by atoms with van der Waals surface area (Å²) in [6.45, 7) is 9.37. The lowest BCUT2D eigenvalue weighted by Gasteiger charge is -2.26. The minimum atomic E-state index is 0.112. The van der Waals surface area contributed by atoms with Crippen molar-refractivity contribution in [2.75, 3.05) is 50.0 Å². The zero-order valence-corrected chi connectivity index (χ0v) is 15.4. The van der Waals surface area contributed by atoms with Crippen LogP contribution in [0.5, 0.6) is 5.75 Å². The van der Waals surface area contributed by atoms with Crippen LogP contribution in [0.25, 0.3) is 0 Å². The van der Waals surface area contributed by atoms with Gasteiger partial charge < -0.3 is 20.1 Å². The van der Waals surface area contributed by atoms with E-state index in [0.717, 1.165) is 56.6 Å². The summed E-state index contributed by atoms with van der Waals surface area (Å²) in [5.74, 6) is 2.15. The van der Waals surface area contributed by atoms with Gasteiger partial charge in [0.2, 0.25) is 5.95 Å².